The van der Waals surface area contributed by atoms with E-state index < -0.39 is 11.7 Å². The highest BCUT2D eigenvalue weighted by Gasteiger charge is 2.36. The molecule has 0 radical (unpaired) electrons. The molecule has 0 atom stereocenters. The number of nitrogens with one attached hydrogen (secondary N) is 2. The van der Waals surface area contributed by atoms with Crippen LogP contribution >= 0.6 is 0 Å². The molecular formula is C18H16F3N5O. The summed E-state index contributed by atoms with van der Waals surface area (Å²) < 4.78 is 40.1. The first-order valence-electron chi connectivity index (χ1n) is 8.43. The number of urea groups is 1. The number of hydrogen-bond donors (Lipinski definition) is 2. The first kappa shape index (κ1) is 17.3. The van der Waals surface area contributed by atoms with Crippen LogP contribution in [0.4, 0.5) is 23.8 Å². The van der Waals surface area contributed by atoms with Gasteiger partial charge in [-0.05, 0) is 31.5 Å². The largest absolute Gasteiger partial charge is 0.418 e. The lowest BCUT2D eigenvalue weighted by molar-refractivity contribution is -0.136. The molecule has 1 aliphatic heterocycles. The van der Waals surface area contributed by atoms with Crippen molar-refractivity contribution in [3.63, 3.8) is 0 Å². The van der Waals surface area contributed by atoms with Gasteiger partial charge in [-0.15, -0.1) is 0 Å². The van der Waals surface area contributed by atoms with Gasteiger partial charge in [0.25, 0.3) is 0 Å². The lowest BCUT2D eigenvalue weighted by Crippen LogP contribution is -2.46. The minimum atomic E-state index is -4.48. The number of halogens is 3. The van der Waals surface area contributed by atoms with Crippen LogP contribution in [0.5, 0.6) is 0 Å². The Morgan fingerprint density at radius 2 is 2.07 bits per heavy atom. The van der Waals surface area contributed by atoms with Crippen molar-refractivity contribution in [2.45, 2.75) is 19.5 Å². The molecule has 1 saturated heterocycles. The van der Waals surface area contributed by atoms with Crippen molar-refractivity contribution in [2.24, 2.45) is 0 Å². The fourth-order valence-corrected chi connectivity index (χ4v) is 3.28. The number of fused-ring (bicyclic) bond motifs is 1. The van der Waals surface area contributed by atoms with Crippen molar-refractivity contribution in [3.8, 4) is 11.3 Å². The number of carbonyl (C=O) groups excluding carboxylic acids is 1. The lowest BCUT2D eigenvalue weighted by Gasteiger charge is -2.26. The fraction of sp³-hybridized carbons (Fsp3) is 0.278. The van der Waals surface area contributed by atoms with Crippen molar-refractivity contribution in [2.75, 3.05) is 18.0 Å². The SMILES string of the molecule is Cc1[nH]c2ncc(-c3cccc(N4CCCNC4=O)n3)cc2c1C(F)(F)F. The van der Waals surface area contributed by atoms with Crippen LogP contribution in [0.15, 0.2) is 30.5 Å². The van der Waals surface area contributed by atoms with Gasteiger partial charge in [0, 0.05) is 35.9 Å². The Kier molecular flexibility index (Phi) is 4.01. The number of alkyl halides is 3. The summed E-state index contributed by atoms with van der Waals surface area (Å²) in [6, 6.07) is 6.29. The Balaban J connectivity index is 1.79. The summed E-state index contributed by atoms with van der Waals surface area (Å²) in [5, 5.41) is 2.75. The maximum absolute atomic E-state index is 13.4. The Bertz CT molecular complexity index is 1030. The summed E-state index contributed by atoms with van der Waals surface area (Å²) in [5.41, 5.74) is 0.376. The van der Waals surface area contributed by atoms with Gasteiger partial charge in [-0.25, -0.2) is 14.8 Å². The minimum absolute atomic E-state index is 0.000388. The maximum Gasteiger partial charge on any atom is 0.418 e. The third kappa shape index (κ3) is 3.09. The number of aromatic amines is 1. The smallest absolute Gasteiger partial charge is 0.343 e. The maximum atomic E-state index is 13.4. The molecule has 0 saturated carbocycles. The number of aryl methyl sites for hydroxylation is 1. The molecule has 9 heteroatoms. The molecule has 3 aromatic rings. The molecule has 3 aromatic heterocycles. The van der Waals surface area contributed by atoms with Gasteiger partial charge in [0.1, 0.15) is 11.5 Å². The molecular weight excluding hydrogens is 359 g/mol. The molecule has 6 nitrogen and oxygen atoms in total. The van der Waals surface area contributed by atoms with E-state index in [9.17, 15) is 18.0 Å². The van der Waals surface area contributed by atoms with E-state index in [1.54, 1.807) is 18.2 Å². The zero-order chi connectivity index (χ0) is 19.2. The quantitative estimate of drug-likeness (QED) is 0.714. The van der Waals surface area contributed by atoms with Crippen LogP contribution in [-0.4, -0.2) is 34.1 Å². The minimum Gasteiger partial charge on any atom is -0.343 e. The molecule has 0 bridgehead atoms. The predicted molar refractivity (Wildman–Crippen MR) is 94.4 cm³/mol. The van der Waals surface area contributed by atoms with Crippen LogP contribution < -0.4 is 10.2 Å². The normalized spacial score (nSPS) is 15.3. The monoisotopic (exact) mass is 375 g/mol. The van der Waals surface area contributed by atoms with Crippen LogP contribution in [0.25, 0.3) is 22.3 Å². The zero-order valence-electron chi connectivity index (χ0n) is 14.4. The average molecular weight is 375 g/mol. The number of anilines is 1. The van der Waals surface area contributed by atoms with Gasteiger partial charge in [0.05, 0.1) is 11.3 Å². The van der Waals surface area contributed by atoms with E-state index in [0.29, 0.717) is 30.2 Å². The summed E-state index contributed by atoms with van der Waals surface area (Å²) >= 11 is 0. The molecule has 1 fully saturated rings. The second kappa shape index (κ2) is 6.26. The van der Waals surface area contributed by atoms with Crippen molar-refractivity contribution in [1.29, 1.82) is 0 Å². The molecule has 2 N–H and O–H groups in total. The molecule has 0 aliphatic carbocycles. The van der Waals surface area contributed by atoms with E-state index in [-0.39, 0.29) is 22.8 Å². The third-order valence-corrected chi connectivity index (χ3v) is 4.51. The van der Waals surface area contributed by atoms with Crippen molar-refractivity contribution in [1.82, 2.24) is 20.3 Å². The number of rotatable bonds is 2. The highest BCUT2D eigenvalue weighted by atomic mass is 19.4. The Hall–Kier alpha value is -3.10. The zero-order valence-corrected chi connectivity index (χ0v) is 14.4. The second-order valence-electron chi connectivity index (χ2n) is 6.36. The molecule has 1 aliphatic rings. The van der Waals surface area contributed by atoms with Crippen LogP contribution in [0, 0.1) is 6.92 Å². The topological polar surface area (TPSA) is 73.9 Å². The van der Waals surface area contributed by atoms with Crippen molar-refractivity contribution in [3.05, 3.63) is 41.7 Å². The van der Waals surface area contributed by atoms with E-state index in [2.05, 4.69) is 20.3 Å². The van der Waals surface area contributed by atoms with E-state index in [1.165, 1.54) is 24.1 Å². The number of hydrogen-bond acceptors (Lipinski definition) is 3. The van der Waals surface area contributed by atoms with Crippen LogP contribution in [-0.2, 0) is 6.18 Å². The average Bonchev–Trinajstić information content (AvgIpc) is 2.97. The van der Waals surface area contributed by atoms with Gasteiger partial charge in [-0.1, -0.05) is 6.07 Å². The molecule has 0 unspecified atom stereocenters. The number of nitrogens with zero attached hydrogens (tertiary/aromatic N) is 3. The highest BCUT2D eigenvalue weighted by Crippen LogP contribution is 2.38. The summed E-state index contributed by atoms with van der Waals surface area (Å²) in [6.45, 7) is 2.52. The van der Waals surface area contributed by atoms with Gasteiger partial charge in [-0.2, -0.15) is 13.2 Å². The van der Waals surface area contributed by atoms with Gasteiger partial charge < -0.3 is 10.3 Å². The van der Waals surface area contributed by atoms with Gasteiger partial charge >= 0.3 is 12.2 Å². The first-order chi connectivity index (χ1) is 12.8. The van der Waals surface area contributed by atoms with Crippen molar-refractivity contribution >= 4 is 22.9 Å². The number of H-pyrrole nitrogens is 1. The second-order valence-corrected chi connectivity index (χ2v) is 6.36. The number of carbonyl (C=O) groups is 1. The molecule has 27 heavy (non-hydrogen) atoms. The van der Waals surface area contributed by atoms with Crippen LogP contribution in [0.1, 0.15) is 17.7 Å². The molecule has 4 rings (SSSR count). The number of aromatic nitrogens is 3. The molecule has 2 amide bonds. The van der Waals surface area contributed by atoms with E-state index in [4.69, 9.17) is 0 Å². The molecule has 0 spiro atoms. The molecule has 4 heterocycles. The molecule has 140 valence electrons. The van der Waals surface area contributed by atoms with Crippen LogP contribution in [0.3, 0.4) is 0 Å². The van der Waals surface area contributed by atoms with Crippen molar-refractivity contribution < 1.29 is 18.0 Å². The van der Waals surface area contributed by atoms with Gasteiger partial charge in [0.15, 0.2) is 0 Å². The Labute approximate surface area is 152 Å². The number of amides is 2. The van der Waals surface area contributed by atoms with Gasteiger partial charge in [-0.3, -0.25) is 4.90 Å². The summed E-state index contributed by atoms with van der Waals surface area (Å²) in [4.78, 5) is 24.8. The lowest BCUT2D eigenvalue weighted by atomic mass is 10.1. The van der Waals surface area contributed by atoms with Gasteiger partial charge in [0.2, 0.25) is 0 Å². The summed E-state index contributed by atoms with van der Waals surface area (Å²) in [5.74, 6) is 0.450. The molecule has 0 aromatic carbocycles. The number of pyridine rings is 2. The third-order valence-electron chi connectivity index (χ3n) is 4.51. The Morgan fingerprint density at radius 1 is 1.26 bits per heavy atom. The first-order valence-corrected chi connectivity index (χ1v) is 8.43. The standard InChI is InChI=1S/C18H16F3N5O/c1-10-15(18(19,20)21)12-8-11(9-23-16(12)24-10)13-4-2-5-14(25-13)26-7-3-6-22-17(26)27/h2,4-5,8-9H,3,6-7H2,1H3,(H,22,27)(H,23,24). The van der Waals surface area contributed by atoms with E-state index in [1.807, 2.05) is 0 Å². The highest BCUT2D eigenvalue weighted by molar-refractivity contribution is 5.92. The Morgan fingerprint density at radius 3 is 2.81 bits per heavy atom. The van der Waals surface area contributed by atoms with Crippen LogP contribution in [0.2, 0.25) is 0 Å². The van der Waals surface area contributed by atoms with E-state index in [0.717, 1.165) is 6.42 Å². The van der Waals surface area contributed by atoms with E-state index >= 15 is 0 Å². The predicted octanol–water partition coefficient (Wildman–Crippen LogP) is 3.87. The fourth-order valence-electron chi connectivity index (χ4n) is 3.28. The summed E-state index contributed by atoms with van der Waals surface area (Å²) in [7, 11) is 0. The summed E-state index contributed by atoms with van der Waals surface area (Å²) in [6.07, 6.45) is -2.21.